The maximum Gasteiger partial charge on any atom is 0.328 e. The Hall–Kier alpha value is -4.74. The summed E-state index contributed by atoms with van der Waals surface area (Å²) in [6.45, 7) is 5.84. The van der Waals surface area contributed by atoms with Gasteiger partial charge in [0.1, 0.15) is 11.8 Å². The van der Waals surface area contributed by atoms with Gasteiger partial charge in [0.05, 0.1) is 6.61 Å². The highest BCUT2D eigenvalue weighted by Crippen LogP contribution is 2.34. The Morgan fingerprint density at radius 1 is 1.12 bits per heavy atom. The molecule has 40 heavy (non-hydrogen) atoms. The molecule has 0 saturated carbocycles. The zero-order valence-electron chi connectivity index (χ0n) is 22.1. The van der Waals surface area contributed by atoms with Crippen LogP contribution in [-0.4, -0.2) is 62.6 Å². The number of carbonyl (C=O) groups is 2. The third-order valence-corrected chi connectivity index (χ3v) is 6.43. The lowest BCUT2D eigenvalue weighted by Gasteiger charge is -2.22. The van der Waals surface area contributed by atoms with E-state index < -0.39 is 17.8 Å². The number of likely N-dealkylation sites (tertiary alicyclic amines) is 1. The Kier molecular flexibility index (Phi) is 7.50. The van der Waals surface area contributed by atoms with E-state index in [1.165, 1.54) is 17.0 Å². The molecule has 1 saturated heterocycles. The zero-order valence-corrected chi connectivity index (χ0v) is 22.1. The summed E-state index contributed by atoms with van der Waals surface area (Å²) >= 11 is 0. The molecule has 1 atom stereocenters. The first-order valence-corrected chi connectivity index (χ1v) is 12.8. The van der Waals surface area contributed by atoms with Crippen molar-refractivity contribution >= 4 is 23.1 Å². The SMILES string of the molecule is CCOc1nc(Oc2ccccc2F)nc2oc(-c3cc(C)c(OCC(=O)N4CCC[C@H]4C(=O)O)c(C)c3)nc12. The van der Waals surface area contributed by atoms with Gasteiger partial charge < -0.3 is 28.6 Å². The van der Waals surface area contributed by atoms with Crippen LogP contribution in [0.1, 0.15) is 30.9 Å². The van der Waals surface area contributed by atoms with Crippen molar-refractivity contribution < 1.29 is 37.7 Å². The maximum absolute atomic E-state index is 14.1. The number of carboxylic acids is 1. The normalized spacial score (nSPS) is 14.9. The number of nitrogens with zero attached hydrogens (tertiary/aromatic N) is 4. The topological polar surface area (TPSA) is 137 Å². The van der Waals surface area contributed by atoms with E-state index in [4.69, 9.17) is 18.6 Å². The number of carboxylic acid groups (broad SMARTS) is 1. The maximum atomic E-state index is 14.1. The lowest BCUT2D eigenvalue weighted by Crippen LogP contribution is -2.42. The van der Waals surface area contributed by atoms with Crippen LogP contribution in [0.15, 0.2) is 40.8 Å². The van der Waals surface area contributed by atoms with Crippen molar-refractivity contribution in [2.75, 3.05) is 19.8 Å². The molecule has 0 bridgehead atoms. The molecule has 12 heteroatoms. The number of aromatic nitrogens is 3. The summed E-state index contributed by atoms with van der Waals surface area (Å²) in [6.07, 6.45) is 1.08. The molecule has 0 unspecified atom stereocenters. The number of oxazole rings is 1. The Balaban J connectivity index is 1.39. The van der Waals surface area contributed by atoms with Gasteiger partial charge in [-0.3, -0.25) is 4.79 Å². The molecule has 0 spiro atoms. The number of hydrogen-bond donors (Lipinski definition) is 1. The fourth-order valence-electron chi connectivity index (χ4n) is 4.65. The number of para-hydroxylation sites is 1. The van der Waals surface area contributed by atoms with Crippen LogP contribution in [0.4, 0.5) is 4.39 Å². The fourth-order valence-corrected chi connectivity index (χ4v) is 4.65. The molecular weight excluding hydrogens is 523 g/mol. The largest absolute Gasteiger partial charge is 0.483 e. The van der Waals surface area contributed by atoms with E-state index in [-0.39, 0.29) is 47.3 Å². The Morgan fingerprint density at radius 3 is 2.58 bits per heavy atom. The van der Waals surface area contributed by atoms with E-state index in [1.807, 2.05) is 13.8 Å². The van der Waals surface area contributed by atoms with E-state index in [9.17, 15) is 19.1 Å². The van der Waals surface area contributed by atoms with Gasteiger partial charge >= 0.3 is 12.0 Å². The highest BCUT2D eigenvalue weighted by atomic mass is 19.1. The van der Waals surface area contributed by atoms with Crippen LogP contribution in [0.25, 0.3) is 22.7 Å². The number of hydrogen-bond acceptors (Lipinski definition) is 9. The molecule has 4 aromatic rings. The summed E-state index contributed by atoms with van der Waals surface area (Å²) < 4.78 is 37.0. The first-order valence-electron chi connectivity index (χ1n) is 12.8. The molecule has 11 nitrogen and oxygen atoms in total. The molecule has 0 radical (unpaired) electrons. The molecule has 1 N–H and O–H groups in total. The number of carbonyl (C=O) groups excluding carboxylic acids is 1. The fraction of sp³-hybridized carbons (Fsp3) is 0.321. The predicted octanol–water partition coefficient (Wildman–Crippen LogP) is 4.69. The van der Waals surface area contributed by atoms with Crippen molar-refractivity contribution in [2.45, 2.75) is 39.7 Å². The number of rotatable bonds is 9. The van der Waals surface area contributed by atoms with Crippen molar-refractivity contribution in [1.29, 1.82) is 0 Å². The van der Waals surface area contributed by atoms with Gasteiger partial charge in [-0.15, -0.1) is 0 Å². The number of aliphatic carboxylic acids is 1. The molecule has 1 fully saturated rings. The molecule has 208 valence electrons. The van der Waals surface area contributed by atoms with Gasteiger partial charge in [-0.05, 0) is 69.0 Å². The van der Waals surface area contributed by atoms with Crippen LogP contribution in [-0.2, 0) is 9.59 Å². The van der Waals surface area contributed by atoms with E-state index in [1.54, 1.807) is 31.2 Å². The van der Waals surface area contributed by atoms with Crippen LogP contribution in [0.5, 0.6) is 23.4 Å². The van der Waals surface area contributed by atoms with Crippen molar-refractivity contribution in [2.24, 2.45) is 0 Å². The summed E-state index contributed by atoms with van der Waals surface area (Å²) in [5.41, 5.74) is 2.44. The number of halogens is 1. The van der Waals surface area contributed by atoms with Crippen molar-refractivity contribution in [3.05, 3.63) is 53.3 Å². The lowest BCUT2D eigenvalue weighted by molar-refractivity contribution is -0.149. The van der Waals surface area contributed by atoms with Gasteiger partial charge in [0, 0.05) is 12.1 Å². The molecule has 2 aromatic carbocycles. The molecule has 5 rings (SSSR count). The quantitative estimate of drug-likeness (QED) is 0.312. The van der Waals surface area contributed by atoms with Gasteiger partial charge in [-0.2, -0.15) is 9.97 Å². The number of amides is 1. The van der Waals surface area contributed by atoms with Crippen molar-refractivity contribution in [3.8, 4) is 34.8 Å². The highest BCUT2D eigenvalue weighted by molar-refractivity contribution is 5.85. The second-order valence-corrected chi connectivity index (χ2v) is 9.26. The minimum Gasteiger partial charge on any atom is -0.483 e. The number of aryl methyl sites for hydroxylation is 2. The standard InChI is InChI=1S/C28H27FN4O7/c1-4-37-25-22-26(32-28(31-25)39-20-10-6-5-8-18(20)29)40-24(30-22)17-12-15(2)23(16(3)13-17)38-14-21(34)33-11-7-9-19(33)27(35)36/h5-6,8,10,12-13,19H,4,7,9,11,14H2,1-3H3,(H,35,36)/t19-/m0/s1. The lowest BCUT2D eigenvalue weighted by atomic mass is 10.1. The van der Waals surface area contributed by atoms with E-state index in [2.05, 4.69) is 15.0 Å². The van der Waals surface area contributed by atoms with Crippen LogP contribution in [0.2, 0.25) is 0 Å². The Bertz CT molecular complexity index is 1570. The molecule has 1 amide bonds. The van der Waals surface area contributed by atoms with E-state index >= 15 is 0 Å². The molecule has 0 aliphatic carbocycles. The molecule has 2 aromatic heterocycles. The Labute approximate surface area is 228 Å². The smallest absolute Gasteiger partial charge is 0.328 e. The van der Waals surface area contributed by atoms with Crippen molar-refractivity contribution in [1.82, 2.24) is 19.9 Å². The second-order valence-electron chi connectivity index (χ2n) is 9.26. The first-order chi connectivity index (χ1) is 19.2. The number of ether oxygens (including phenoxy) is 3. The van der Waals surface area contributed by atoms with Crippen LogP contribution < -0.4 is 14.2 Å². The average Bonchev–Trinajstić information content (AvgIpc) is 3.58. The zero-order chi connectivity index (χ0) is 28.4. The van der Waals surface area contributed by atoms with Crippen LogP contribution in [0.3, 0.4) is 0 Å². The third-order valence-electron chi connectivity index (χ3n) is 6.43. The van der Waals surface area contributed by atoms with Gasteiger partial charge in [0.15, 0.2) is 23.7 Å². The Morgan fingerprint density at radius 2 is 1.88 bits per heavy atom. The van der Waals surface area contributed by atoms with Gasteiger partial charge in [-0.1, -0.05) is 12.1 Å². The molecule has 3 heterocycles. The summed E-state index contributed by atoms with van der Waals surface area (Å²) in [7, 11) is 0. The minimum atomic E-state index is -1.01. The number of fused-ring (bicyclic) bond motifs is 1. The third kappa shape index (κ3) is 5.37. The summed E-state index contributed by atoms with van der Waals surface area (Å²) in [4.78, 5) is 38.4. The van der Waals surface area contributed by atoms with Crippen LogP contribution >= 0.6 is 0 Å². The summed E-state index contributed by atoms with van der Waals surface area (Å²) in [5.74, 6) is -1.13. The predicted molar refractivity (Wildman–Crippen MR) is 140 cm³/mol. The van der Waals surface area contributed by atoms with Crippen molar-refractivity contribution in [3.63, 3.8) is 0 Å². The number of benzene rings is 2. The molecular formula is C28H27FN4O7. The first kappa shape index (κ1) is 26.9. The minimum absolute atomic E-state index is 0.0485. The summed E-state index contributed by atoms with van der Waals surface area (Å²) in [5, 5.41) is 9.35. The van der Waals surface area contributed by atoms with E-state index in [0.29, 0.717) is 37.3 Å². The van der Waals surface area contributed by atoms with Gasteiger partial charge in [-0.25, -0.2) is 14.2 Å². The van der Waals surface area contributed by atoms with E-state index in [0.717, 1.165) is 11.1 Å². The van der Waals surface area contributed by atoms with Gasteiger partial charge in [0.2, 0.25) is 5.89 Å². The average molecular weight is 551 g/mol. The molecule has 1 aliphatic rings. The summed E-state index contributed by atoms with van der Waals surface area (Å²) in [6, 6.07) is 8.48. The highest BCUT2D eigenvalue weighted by Gasteiger charge is 2.34. The van der Waals surface area contributed by atoms with Crippen LogP contribution in [0, 0.1) is 19.7 Å². The van der Waals surface area contributed by atoms with Gasteiger partial charge in [0.25, 0.3) is 17.5 Å². The molecule has 1 aliphatic heterocycles. The monoisotopic (exact) mass is 550 g/mol. The second kappa shape index (κ2) is 11.2.